The van der Waals surface area contributed by atoms with E-state index < -0.39 is 0 Å². The van der Waals surface area contributed by atoms with Crippen LogP contribution in [0.4, 0.5) is 0 Å². The monoisotopic (exact) mass is 231 g/mol. The van der Waals surface area contributed by atoms with Crippen molar-refractivity contribution >= 4 is 5.78 Å². The van der Waals surface area contributed by atoms with Crippen LogP contribution in [0.15, 0.2) is 30.6 Å². The summed E-state index contributed by atoms with van der Waals surface area (Å²) in [4.78, 5) is 15.4. The average molecular weight is 231 g/mol. The maximum absolute atomic E-state index is 11.6. The molecule has 2 heteroatoms. The van der Waals surface area contributed by atoms with Crippen molar-refractivity contribution in [2.45, 2.75) is 40.0 Å². The smallest absolute Gasteiger partial charge is 0.139 e. The molecule has 2 unspecified atom stereocenters. The third-order valence-corrected chi connectivity index (χ3v) is 5.05. The van der Waals surface area contributed by atoms with E-state index in [1.807, 2.05) is 18.2 Å². The second kappa shape index (κ2) is 4.25. The van der Waals surface area contributed by atoms with Gasteiger partial charge in [0.2, 0.25) is 0 Å². The summed E-state index contributed by atoms with van der Waals surface area (Å²) in [6.07, 6.45) is 6.75. The summed E-state index contributed by atoms with van der Waals surface area (Å²) in [5.74, 6) is 1.19. The van der Waals surface area contributed by atoms with E-state index in [9.17, 15) is 4.79 Å². The first-order valence-electron chi connectivity index (χ1n) is 6.37. The van der Waals surface area contributed by atoms with Gasteiger partial charge in [-0.2, -0.15) is 0 Å². The minimum Gasteiger partial charge on any atom is -0.299 e. The van der Waals surface area contributed by atoms with E-state index in [1.54, 1.807) is 12.4 Å². The molecule has 2 atom stereocenters. The lowest BCUT2D eigenvalue weighted by atomic mass is 9.70. The molecule has 0 spiro atoms. The van der Waals surface area contributed by atoms with Crippen molar-refractivity contribution in [2.24, 2.45) is 16.7 Å². The number of carbonyl (C=O) groups is 1. The lowest BCUT2D eigenvalue weighted by molar-refractivity contribution is -0.128. The topological polar surface area (TPSA) is 30.0 Å². The Morgan fingerprint density at radius 3 is 2.00 bits per heavy atom. The zero-order chi connectivity index (χ0) is 12.5. The van der Waals surface area contributed by atoms with Gasteiger partial charge in [-0.25, -0.2) is 0 Å². The van der Waals surface area contributed by atoms with Crippen LogP contribution in [0.5, 0.6) is 0 Å². The minimum atomic E-state index is 0.0255. The molecule has 0 saturated heterocycles. The van der Waals surface area contributed by atoms with Crippen molar-refractivity contribution < 1.29 is 4.79 Å². The van der Waals surface area contributed by atoms with E-state index in [-0.39, 0.29) is 10.8 Å². The van der Waals surface area contributed by atoms with Gasteiger partial charge in [0, 0.05) is 24.2 Å². The molecule has 2 saturated carbocycles. The fraction of sp³-hybridized carbons (Fsp3) is 0.600. The van der Waals surface area contributed by atoms with Gasteiger partial charge in [-0.15, -0.1) is 0 Å². The highest BCUT2D eigenvalue weighted by molar-refractivity contribution is 5.89. The third-order valence-electron chi connectivity index (χ3n) is 5.05. The van der Waals surface area contributed by atoms with Gasteiger partial charge >= 0.3 is 0 Å². The maximum atomic E-state index is 11.6. The van der Waals surface area contributed by atoms with E-state index in [0.717, 1.165) is 12.8 Å². The standard InChI is InChI=1S/C10H16O.C5H5N/c1-9(2)7-4-5-10(9,3)8(11)6-7;1-2-4-6-5-3-1/h7H,4-6H2,1-3H3;1-5H. The van der Waals surface area contributed by atoms with Gasteiger partial charge in [-0.3, -0.25) is 9.78 Å². The molecule has 0 aromatic carbocycles. The van der Waals surface area contributed by atoms with Crippen LogP contribution in [0.1, 0.15) is 40.0 Å². The van der Waals surface area contributed by atoms with Crippen molar-refractivity contribution in [3.05, 3.63) is 30.6 Å². The van der Waals surface area contributed by atoms with Crippen LogP contribution in [0.2, 0.25) is 0 Å². The summed E-state index contributed by atoms with van der Waals surface area (Å²) in [5, 5.41) is 0. The van der Waals surface area contributed by atoms with Gasteiger partial charge in [-0.1, -0.05) is 26.8 Å². The highest BCUT2D eigenvalue weighted by atomic mass is 16.1. The summed E-state index contributed by atoms with van der Waals surface area (Å²) in [5.41, 5.74) is 0.307. The van der Waals surface area contributed by atoms with E-state index in [1.165, 1.54) is 6.42 Å². The number of pyridine rings is 1. The summed E-state index contributed by atoms with van der Waals surface area (Å²) in [6.45, 7) is 6.67. The maximum Gasteiger partial charge on any atom is 0.139 e. The van der Waals surface area contributed by atoms with Crippen molar-refractivity contribution in [3.63, 3.8) is 0 Å². The second-order valence-electron chi connectivity index (χ2n) is 5.94. The van der Waals surface area contributed by atoms with Gasteiger partial charge < -0.3 is 0 Å². The van der Waals surface area contributed by atoms with Crippen LogP contribution in [0.3, 0.4) is 0 Å². The number of nitrogens with zero attached hydrogens (tertiary/aromatic N) is 1. The molecule has 17 heavy (non-hydrogen) atoms. The molecule has 0 radical (unpaired) electrons. The third kappa shape index (κ3) is 1.90. The van der Waals surface area contributed by atoms with Crippen LogP contribution in [-0.2, 0) is 4.79 Å². The van der Waals surface area contributed by atoms with Gasteiger partial charge in [-0.05, 0) is 36.3 Å². The molecule has 2 nitrogen and oxygen atoms in total. The number of carbonyl (C=O) groups excluding carboxylic acids is 1. The Balaban J connectivity index is 0.000000153. The first kappa shape index (κ1) is 12.3. The minimum absolute atomic E-state index is 0.0255. The molecule has 3 rings (SSSR count). The summed E-state index contributed by atoms with van der Waals surface area (Å²) in [7, 11) is 0. The molecule has 1 aromatic heterocycles. The van der Waals surface area contributed by atoms with Crippen molar-refractivity contribution in [1.29, 1.82) is 0 Å². The second-order valence-corrected chi connectivity index (χ2v) is 5.94. The fourth-order valence-corrected chi connectivity index (χ4v) is 3.21. The largest absolute Gasteiger partial charge is 0.299 e. The van der Waals surface area contributed by atoms with E-state index in [4.69, 9.17) is 0 Å². The van der Waals surface area contributed by atoms with Gasteiger partial charge in [0.1, 0.15) is 5.78 Å². The molecule has 2 aliphatic carbocycles. The predicted octanol–water partition coefficient (Wildman–Crippen LogP) is 3.48. The van der Waals surface area contributed by atoms with E-state index in [0.29, 0.717) is 11.7 Å². The number of aromatic nitrogens is 1. The highest BCUT2D eigenvalue weighted by Crippen LogP contribution is 2.63. The molecule has 2 aliphatic rings. The molecular weight excluding hydrogens is 210 g/mol. The van der Waals surface area contributed by atoms with Crippen molar-refractivity contribution in [3.8, 4) is 0 Å². The van der Waals surface area contributed by atoms with E-state index >= 15 is 0 Å². The Hall–Kier alpha value is -1.18. The first-order chi connectivity index (χ1) is 7.98. The summed E-state index contributed by atoms with van der Waals surface area (Å²) >= 11 is 0. The van der Waals surface area contributed by atoms with Crippen molar-refractivity contribution in [2.75, 3.05) is 0 Å². The number of hydrogen-bond acceptors (Lipinski definition) is 2. The molecule has 92 valence electrons. The summed E-state index contributed by atoms with van der Waals surface area (Å²) in [6, 6.07) is 5.72. The molecular formula is C15H21NO. The predicted molar refractivity (Wildman–Crippen MR) is 68.5 cm³/mol. The Bertz CT molecular complexity index is 372. The number of Topliss-reactive ketones (excluding diaryl/α,β-unsaturated/α-hetero) is 1. The molecule has 1 aromatic rings. The van der Waals surface area contributed by atoms with Gasteiger partial charge in [0.25, 0.3) is 0 Å². The van der Waals surface area contributed by atoms with Crippen LogP contribution in [0.25, 0.3) is 0 Å². The van der Waals surface area contributed by atoms with E-state index in [2.05, 4.69) is 25.8 Å². The molecule has 1 heterocycles. The molecule has 2 bridgehead atoms. The SMILES string of the molecule is CC12CCC(CC1=O)C2(C)C.c1ccncc1. The van der Waals surface area contributed by atoms with Crippen LogP contribution in [0, 0.1) is 16.7 Å². The Kier molecular flexibility index (Phi) is 3.07. The van der Waals surface area contributed by atoms with Crippen LogP contribution in [-0.4, -0.2) is 10.8 Å². The number of rotatable bonds is 0. The lowest BCUT2D eigenvalue weighted by Gasteiger charge is -2.32. The first-order valence-corrected chi connectivity index (χ1v) is 6.37. The molecule has 0 N–H and O–H groups in total. The quantitative estimate of drug-likeness (QED) is 0.684. The number of fused-ring (bicyclic) bond motifs is 2. The number of hydrogen-bond donors (Lipinski definition) is 0. The highest BCUT2D eigenvalue weighted by Gasteiger charge is 2.61. The molecule has 0 aliphatic heterocycles. The zero-order valence-electron chi connectivity index (χ0n) is 10.9. The fourth-order valence-electron chi connectivity index (χ4n) is 3.21. The Labute approximate surface area is 103 Å². The van der Waals surface area contributed by atoms with Gasteiger partial charge in [0.15, 0.2) is 0 Å². The van der Waals surface area contributed by atoms with Crippen molar-refractivity contribution in [1.82, 2.24) is 4.98 Å². The van der Waals surface area contributed by atoms with Crippen LogP contribution < -0.4 is 0 Å². The van der Waals surface area contributed by atoms with Crippen LogP contribution >= 0.6 is 0 Å². The zero-order valence-corrected chi connectivity index (χ0v) is 10.9. The molecule has 0 amide bonds. The van der Waals surface area contributed by atoms with Gasteiger partial charge in [0.05, 0.1) is 0 Å². The average Bonchev–Trinajstić information content (AvgIpc) is 2.65. The number of ketones is 1. The molecule has 2 fully saturated rings. The Morgan fingerprint density at radius 1 is 1.18 bits per heavy atom. The summed E-state index contributed by atoms with van der Waals surface area (Å²) < 4.78 is 0. The lowest BCUT2D eigenvalue weighted by Crippen LogP contribution is -2.32. The normalized spacial score (nSPS) is 33.1. The Morgan fingerprint density at radius 2 is 1.82 bits per heavy atom.